The van der Waals surface area contributed by atoms with Crippen molar-refractivity contribution in [3.05, 3.63) is 42.1 Å². The summed E-state index contributed by atoms with van der Waals surface area (Å²) in [5, 5.41) is 3.29. The predicted molar refractivity (Wildman–Crippen MR) is 86.9 cm³/mol. The number of amides is 1. The summed E-state index contributed by atoms with van der Waals surface area (Å²) in [6, 6.07) is 11.2. The molecule has 1 aromatic carbocycles. The van der Waals surface area contributed by atoms with Crippen LogP contribution < -0.4 is 15.8 Å². The van der Waals surface area contributed by atoms with Crippen LogP contribution in [0.3, 0.4) is 0 Å². The van der Waals surface area contributed by atoms with Gasteiger partial charge in [-0.25, -0.2) is 9.97 Å². The molecule has 22 heavy (non-hydrogen) atoms. The van der Waals surface area contributed by atoms with Crippen molar-refractivity contribution in [3.63, 3.8) is 0 Å². The number of nitrogens with zero attached hydrogens (tertiary/aromatic N) is 2. The van der Waals surface area contributed by atoms with Gasteiger partial charge in [-0.2, -0.15) is 0 Å². The number of benzene rings is 1. The van der Waals surface area contributed by atoms with Gasteiger partial charge in [-0.3, -0.25) is 4.79 Å². The summed E-state index contributed by atoms with van der Waals surface area (Å²) in [5.41, 5.74) is 6.42. The van der Waals surface area contributed by atoms with E-state index in [1.54, 1.807) is 6.07 Å². The van der Waals surface area contributed by atoms with Crippen molar-refractivity contribution in [1.29, 1.82) is 0 Å². The molecule has 0 aliphatic rings. The van der Waals surface area contributed by atoms with E-state index in [1.807, 2.05) is 37.3 Å². The van der Waals surface area contributed by atoms with Gasteiger partial charge in [-0.05, 0) is 19.1 Å². The number of ether oxygens (including phenoxy) is 1. The average Bonchev–Trinajstić information content (AvgIpc) is 2.50. The standard InChI is InChI=1S/C15H18N4O2S/c1-11-9-13(16)19-15(18-11)22-10-14(20)17-7-8-21-12-5-3-2-4-6-12/h2-6,9H,7-8,10H2,1H3,(H,17,20)(H2,16,18,19). The summed E-state index contributed by atoms with van der Waals surface area (Å²) in [7, 11) is 0. The molecule has 0 saturated carbocycles. The van der Waals surface area contributed by atoms with E-state index in [0.717, 1.165) is 11.4 Å². The zero-order valence-electron chi connectivity index (χ0n) is 12.3. The zero-order chi connectivity index (χ0) is 15.8. The second-order valence-corrected chi connectivity index (χ2v) is 5.46. The number of nitrogens with one attached hydrogen (secondary N) is 1. The first kappa shape index (κ1) is 16.1. The van der Waals surface area contributed by atoms with Crippen molar-refractivity contribution in [2.75, 3.05) is 24.6 Å². The van der Waals surface area contributed by atoms with Gasteiger partial charge < -0.3 is 15.8 Å². The molecule has 116 valence electrons. The van der Waals surface area contributed by atoms with Crippen molar-refractivity contribution >= 4 is 23.5 Å². The number of carbonyl (C=O) groups excluding carboxylic acids is 1. The molecule has 3 N–H and O–H groups in total. The summed E-state index contributed by atoms with van der Waals surface area (Å²) in [6.45, 7) is 2.71. The van der Waals surface area contributed by atoms with Crippen LogP contribution in [0, 0.1) is 6.92 Å². The fourth-order valence-electron chi connectivity index (χ4n) is 1.69. The number of hydrogen-bond donors (Lipinski definition) is 2. The van der Waals surface area contributed by atoms with Crippen molar-refractivity contribution in [3.8, 4) is 5.75 Å². The molecule has 0 saturated heterocycles. The van der Waals surface area contributed by atoms with Crippen LogP contribution in [0.2, 0.25) is 0 Å². The predicted octanol–water partition coefficient (Wildman–Crippen LogP) is 1.65. The summed E-state index contributed by atoms with van der Waals surface area (Å²) in [4.78, 5) is 20.0. The number of aryl methyl sites for hydroxylation is 1. The molecule has 1 heterocycles. The molecule has 2 rings (SSSR count). The summed E-state index contributed by atoms with van der Waals surface area (Å²) in [6.07, 6.45) is 0. The van der Waals surface area contributed by atoms with Crippen LogP contribution in [-0.4, -0.2) is 34.8 Å². The van der Waals surface area contributed by atoms with E-state index in [0.29, 0.717) is 24.1 Å². The van der Waals surface area contributed by atoms with Gasteiger partial charge in [0.15, 0.2) is 5.16 Å². The molecule has 0 fully saturated rings. The second-order valence-electron chi connectivity index (χ2n) is 4.52. The lowest BCUT2D eigenvalue weighted by Gasteiger charge is -2.07. The largest absolute Gasteiger partial charge is 0.492 e. The van der Waals surface area contributed by atoms with Gasteiger partial charge in [-0.15, -0.1) is 0 Å². The fraction of sp³-hybridized carbons (Fsp3) is 0.267. The number of rotatable bonds is 7. The Balaban J connectivity index is 1.65. The number of para-hydroxylation sites is 1. The van der Waals surface area contributed by atoms with Crippen LogP contribution in [0.1, 0.15) is 5.69 Å². The summed E-state index contributed by atoms with van der Waals surface area (Å²) < 4.78 is 5.49. The van der Waals surface area contributed by atoms with Crippen LogP contribution in [-0.2, 0) is 4.79 Å². The van der Waals surface area contributed by atoms with E-state index in [4.69, 9.17) is 10.5 Å². The Labute approximate surface area is 133 Å². The third kappa shape index (κ3) is 5.61. The van der Waals surface area contributed by atoms with Gasteiger partial charge in [0.1, 0.15) is 18.2 Å². The highest BCUT2D eigenvalue weighted by Gasteiger charge is 2.06. The first-order valence-electron chi connectivity index (χ1n) is 6.82. The lowest BCUT2D eigenvalue weighted by Crippen LogP contribution is -2.29. The number of hydrogen-bond acceptors (Lipinski definition) is 6. The molecule has 0 aliphatic heterocycles. The van der Waals surface area contributed by atoms with Crippen LogP contribution in [0.5, 0.6) is 5.75 Å². The van der Waals surface area contributed by atoms with E-state index in [2.05, 4.69) is 15.3 Å². The maximum Gasteiger partial charge on any atom is 0.230 e. The van der Waals surface area contributed by atoms with Gasteiger partial charge in [-0.1, -0.05) is 30.0 Å². The Morgan fingerprint density at radius 3 is 2.82 bits per heavy atom. The van der Waals surface area contributed by atoms with E-state index >= 15 is 0 Å². The SMILES string of the molecule is Cc1cc(N)nc(SCC(=O)NCCOc2ccccc2)n1. The molecule has 1 amide bonds. The molecule has 6 nitrogen and oxygen atoms in total. The minimum Gasteiger partial charge on any atom is -0.492 e. The molecule has 0 atom stereocenters. The molecule has 7 heteroatoms. The maximum atomic E-state index is 11.7. The quantitative estimate of drug-likeness (QED) is 0.458. The normalized spacial score (nSPS) is 10.2. The topological polar surface area (TPSA) is 90.1 Å². The van der Waals surface area contributed by atoms with Crippen molar-refractivity contribution in [2.24, 2.45) is 0 Å². The molecular weight excluding hydrogens is 300 g/mol. The Hall–Kier alpha value is -2.28. The smallest absolute Gasteiger partial charge is 0.230 e. The van der Waals surface area contributed by atoms with Gasteiger partial charge in [0, 0.05) is 11.8 Å². The van der Waals surface area contributed by atoms with Crippen LogP contribution >= 0.6 is 11.8 Å². The van der Waals surface area contributed by atoms with Gasteiger partial charge in [0.2, 0.25) is 5.91 Å². The van der Waals surface area contributed by atoms with Gasteiger partial charge >= 0.3 is 0 Å². The zero-order valence-corrected chi connectivity index (χ0v) is 13.1. The molecule has 0 bridgehead atoms. The van der Waals surface area contributed by atoms with Crippen LogP contribution in [0.4, 0.5) is 5.82 Å². The molecular formula is C15H18N4O2S. The molecule has 0 spiro atoms. The number of carbonyl (C=O) groups is 1. The molecule has 0 unspecified atom stereocenters. The number of nitrogen functional groups attached to an aromatic ring is 1. The van der Waals surface area contributed by atoms with Crippen LogP contribution in [0.15, 0.2) is 41.6 Å². The molecule has 0 radical (unpaired) electrons. The minimum atomic E-state index is -0.0923. The molecule has 1 aromatic heterocycles. The van der Waals surface area contributed by atoms with E-state index in [9.17, 15) is 4.79 Å². The average molecular weight is 318 g/mol. The van der Waals surface area contributed by atoms with E-state index in [1.165, 1.54) is 11.8 Å². The van der Waals surface area contributed by atoms with Crippen molar-refractivity contribution < 1.29 is 9.53 Å². The third-order valence-electron chi connectivity index (χ3n) is 2.62. The number of anilines is 1. The highest BCUT2D eigenvalue weighted by Crippen LogP contribution is 2.14. The number of aromatic nitrogens is 2. The minimum absolute atomic E-state index is 0.0923. The lowest BCUT2D eigenvalue weighted by molar-refractivity contribution is -0.118. The fourth-order valence-corrected chi connectivity index (χ4v) is 2.43. The van der Waals surface area contributed by atoms with Gasteiger partial charge in [0.05, 0.1) is 12.3 Å². The Morgan fingerprint density at radius 1 is 1.32 bits per heavy atom. The van der Waals surface area contributed by atoms with Crippen molar-refractivity contribution in [2.45, 2.75) is 12.1 Å². The number of thioether (sulfide) groups is 1. The maximum absolute atomic E-state index is 11.7. The third-order valence-corrected chi connectivity index (χ3v) is 3.47. The first-order chi connectivity index (χ1) is 10.6. The highest BCUT2D eigenvalue weighted by molar-refractivity contribution is 7.99. The second kappa shape index (κ2) is 8.23. The summed E-state index contributed by atoms with van der Waals surface area (Å²) >= 11 is 1.26. The monoisotopic (exact) mass is 318 g/mol. The Kier molecular flexibility index (Phi) is 6.02. The Bertz CT molecular complexity index is 602. The van der Waals surface area contributed by atoms with Gasteiger partial charge in [0.25, 0.3) is 0 Å². The van der Waals surface area contributed by atoms with E-state index < -0.39 is 0 Å². The highest BCUT2D eigenvalue weighted by atomic mass is 32.2. The van der Waals surface area contributed by atoms with E-state index in [-0.39, 0.29) is 11.7 Å². The molecule has 0 aliphatic carbocycles. The molecule has 2 aromatic rings. The Morgan fingerprint density at radius 2 is 2.09 bits per heavy atom. The van der Waals surface area contributed by atoms with Crippen molar-refractivity contribution in [1.82, 2.24) is 15.3 Å². The first-order valence-corrected chi connectivity index (χ1v) is 7.80. The summed E-state index contributed by atoms with van der Waals surface area (Å²) in [5.74, 6) is 1.35. The van der Waals surface area contributed by atoms with Crippen LogP contribution in [0.25, 0.3) is 0 Å². The lowest BCUT2D eigenvalue weighted by atomic mass is 10.3. The number of nitrogens with two attached hydrogens (primary N) is 1.